The summed E-state index contributed by atoms with van der Waals surface area (Å²) in [5.41, 5.74) is 6.71. The van der Waals surface area contributed by atoms with Gasteiger partial charge in [-0.05, 0) is 6.92 Å². The Morgan fingerprint density at radius 3 is 2.70 bits per heavy atom. The molecular formula is C11H11F3N4OS. The summed E-state index contributed by atoms with van der Waals surface area (Å²) in [7, 11) is 0. The van der Waals surface area contributed by atoms with Gasteiger partial charge in [0.15, 0.2) is 5.69 Å². The summed E-state index contributed by atoms with van der Waals surface area (Å²) < 4.78 is 42.8. The lowest BCUT2D eigenvalue weighted by molar-refractivity contribution is -0.141. The Kier molecular flexibility index (Phi) is 4.07. The molecule has 0 saturated heterocycles. The number of nitrogens with two attached hydrogens (primary N) is 1. The molecule has 0 aliphatic rings. The average Bonchev–Trinajstić information content (AvgIpc) is 2.73. The van der Waals surface area contributed by atoms with Gasteiger partial charge in [0.25, 0.3) is 0 Å². The van der Waals surface area contributed by atoms with Crippen molar-refractivity contribution in [1.29, 1.82) is 0 Å². The Morgan fingerprint density at radius 1 is 1.35 bits per heavy atom. The molecule has 2 rings (SSSR count). The highest BCUT2D eigenvalue weighted by molar-refractivity contribution is 7.09. The van der Waals surface area contributed by atoms with E-state index in [4.69, 9.17) is 10.5 Å². The van der Waals surface area contributed by atoms with Crippen LogP contribution in [0.2, 0.25) is 0 Å². The molecule has 0 bridgehead atoms. The van der Waals surface area contributed by atoms with Crippen LogP contribution in [0.3, 0.4) is 0 Å². The molecule has 0 atom stereocenters. The van der Waals surface area contributed by atoms with Crippen LogP contribution in [0.5, 0.6) is 5.88 Å². The smallest absolute Gasteiger partial charge is 0.433 e. The molecular weight excluding hydrogens is 293 g/mol. The van der Waals surface area contributed by atoms with Gasteiger partial charge in [-0.25, -0.2) is 9.97 Å². The van der Waals surface area contributed by atoms with E-state index < -0.39 is 17.8 Å². The average molecular weight is 304 g/mol. The van der Waals surface area contributed by atoms with Gasteiger partial charge < -0.3 is 10.5 Å². The van der Waals surface area contributed by atoms with Crippen LogP contribution in [0.1, 0.15) is 16.3 Å². The highest BCUT2D eigenvalue weighted by Crippen LogP contribution is 2.29. The van der Waals surface area contributed by atoms with Crippen molar-refractivity contribution in [3.05, 3.63) is 27.8 Å². The number of alkyl halides is 3. The molecule has 0 amide bonds. The molecule has 2 aromatic rings. The van der Waals surface area contributed by atoms with Crippen LogP contribution in [0.15, 0.2) is 11.6 Å². The second-order valence-electron chi connectivity index (χ2n) is 3.91. The number of ether oxygens (including phenoxy) is 1. The number of aryl methyl sites for hydroxylation is 1. The fraction of sp³-hybridized carbons (Fsp3) is 0.364. The van der Waals surface area contributed by atoms with Gasteiger partial charge >= 0.3 is 6.18 Å². The van der Waals surface area contributed by atoms with E-state index in [0.717, 1.165) is 16.6 Å². The number of halogens is 3. The van der Waals surface area contributed by atoms with Crippen molar-refractivity contribution in [2.24, 2.45) is 0 Å². The third-order valence-corrected chi connectivity index (χ3v) is 3.43. The molecule has 0 radical (unpaired) electrons. The molecule has 2 aromatic heterocycles. The van der Waals surface area contributed by atoms with Crippen molar-refractivity contribution in [2.75, 3.05) is 12.3 Å². The lowest BCUT2D eigenvalue weighted by Gasteiger charge is -2.09. The number of anilines is 1. The first-order chi connectivity index (χ1) is 9.36. The molecule has 2 N–H and O–H groups in total. The van der Waals surface area contributed by atoms with Gasteiger partial charge in [0.2, 0.25) is 11.8 Å². The Morgan fingerprint density at radius 2 is 2.10 bits per heavy atom. The van der Waals surface area contributed by atoms with Crippen LogP contribution in [0, 0.1) is 6.92 Å². The molecule has 20 heavy (non-hydrogen) atoms. The van der Waals surface area contributed by atoms with E-state index >= 15 is 0 Å². The molecule has 0 aromatic carbocycles. The SMILES string of the molecule is Cc1ncsc1CCOc1cc(C(F)(F)F)nc(N)n1. The van der Waals surface area contributed by atoms with Crippen molar-refractivity contribution < 1.29 is 17.9 Å². The third-order valence-electron chi connectivity index (χ3n) is 2.43. The van der Waals surface area contributed by atoms with E-state index in [9.17, 15) is 13.2 Å². The first kappa shape index (κ1) is 14.5. The van der Waals surface area contributed by atoms with Crippen LogP contribution in [-0.2, 0) is 12.6 Å². The molecule has 2 heterocycles. The number of nitrogen functional groups attached to an aromatic ring is 1. The van der Waals surface area contributed by atoms with Gasteiger partial charge in [0.1, 0.15) is 0 Å². The minimum atomic E-state index is -4.58. The highest BCUT2D eigenvalue weighted by Gasteiger charge is 2.33. The number of hydrogen-bond acceptors (Lipinski definition) is 6. The van der Waals surface area contributed by atoms with Gasteiger partial charge in [-0.3, -0.25) is 0 Å². The summed E-state index contributed by atoms with van der Waals surface area (Å²) in [6.07, 6.45) is -4.04. The van der Waals surface area contributed by atoms with Gasteiger partial charge in [-0.15, -0.1) is 11.3 Å². The normalized spacial score (nSPS) is 11.6. The van der Waals surface area contributed by atoms with E-state index in [1.54, 1.807) is 5.51 Å². The standard InChI is InChI=1S/C11H11F3N4OS/c1-6-7(20-5-16-6)2-3-19-9-4-8(11(12,13)14)17-10(15)18-9/h4-5H,2-3H2,1H3,(H2,15,17,18). The second-order valence-corrected chi connectivity index (χ2v) is 4.85. The fourth-order valence-electron chi connectivity index (χ4n) is 1.48. The van der Waals surface area contributed by atoms with Crippen molar-refractivity contribution >= 4 is 17.3 Å². The minimum absolute atomic E-state index is 0.188. The molecule has 0 aliphatic heterocycles. The lowest BCUT2D eigenvalue weighted by atomic mass is 10.3. The number of thiazole rings is 1. The summed E-state index contributed by atoms with van der Waals surface area (Å²) in [5, 5.41) is 0. The first-order valence-electron chi connectivity index (χ1n) is 5.60. The summed E-state index contributed by atoms with van der Waals surface area (Å²) in [4.78, 5) is 11.8. The van der Waals surface area contributed by atoms with Gasteiger partial charge in [0.05, 0.1) is 17.8 Å². The number of rotatable bonds is 4. The maximum Gasteiger partial charge on any atom is 0.433 e. The van der Waals surface area contributed by atoms with E-state index in [1.165, 1.54) is 11.3 Å². The largest absolute Gasteiger partial charge is 0.477 e. The molecule has 0 saturated carbocycles. The van der Waals surface area contributed by atoms with E-state index in [2.05, 4.69) is 15.0 Å². The summed E-state index contributed by atoms with van der Waals surface area (Å²) in [6.45, 7) is 2.05. The summed E-state index contributed by atoms with van der Waals surface area (Å²) in [6, 6.07) is 0.732. The summed E-state index contributed by atoms with van der Waals surface area (Å²) in [5.74, 6) is -0.657. The van der Waals surface area contributed by atoms with Crippen molar-refractivity contribution in [3.8, 4) is 5.88 Å². The Labute approximate surface area is 116 Å². The first-order valence-corrected chi connectivity index (χ1v) is 6.48. The van der Waals surface area contributed by atoms with Gasteiger partial charge in [-0.2, -0.15) is 18.2 Å². The van der Waals surface area contributed by atoms with Crippen LogP contribution in [0.4, 0.5) is 19.1 Å². The molecule has 108 valence electrons. The van der Waals surface area contributed by atoms with Crippen molar-refractivity contribution in [1.82, 2.24) is 15.0 Å². The zero-order valence-electron chi connectivity index (χ0n) is 10.4. The van der Waals surface area contributed by atoms with E-state index in [1.807, 2.05) is 6.92 Å². The topological polar surface area (TPSA) is 73.9 Å². The molecule has 0 spiro atoms. The van der Waals surface area contributed by atoms with Gasteiger partial charge in [0, 0.05) is 17.4 Å². The number of nitrogens with zero attached hydrogens (tertiary/aromatic N) is 3. The molecule has 0 aliphatic carbocycles. The number of aromatic nitrogens is 3. The van der Waals surface area contributed by atoms with E-state index in [-0.39, 0.29) is 12.5 Å². The predicted octanol–water partition coefficient (Wildman–Crippen LogP) is 2.46. The molecule has 5 nitrogen and oxygen atoms in total. The second kappa shape index (κ2) is 5.61. The van der Waals surface area contributed by atoms with Crippen molar-refractivity contribution in [2.45, 2.75) is 19.5 Å². The minimum Gasteiger partial charge on any atom is -0.477 e. The number of hydrogen-bond donors (Lipinski definition) is 1. The third kappa shape index (κ3) is 3.56. The lowest BCUT2D eigenvalue weighted by Crippen LogP contribution is -2.12. The Balaban J connectivity index is 2.03. The predicted molar refractivity (Wildman–Crippen MR) is 67.5 cm³/mol. The summed E-state index contributed by atoms with van der Waals surface area (Å²) >= 11 is 1.47. The maximum atomic E-state index is 12.5. The van der Waals surface area contributed by atoms with Crippen LogP contribution in [-0.4, -0.2) is 21.6 Å². The maximum absolute atomic E-state index is 12.5. The zero-order chi connectivity index (χ0) is 14.8. The van der Waals surface area contributed by atoms with Crippen LogP contribution >= 0.6 is 11.3 Å². The Bertz CT molecular complexity index is 600. The van der Waals surface area contributed by atoms with Crippen LogP contribution < -0.4 is 10.5 Å². The molecule has 0 fully saturated rings. The van der Waals surface area contributed by atoms with Crippen molar-refractivity contribution in [3.63, 3.8) is 0 Å². The van der Waals surface area contributed by atoms with Crippen LogP contribution in [0.25, 0.3) is 0 Å². The van der Waals surface area contributed by atoms with E-state index in [0.29, 0.717) is 6.42 Å². The zero-order valence-corrected chi connectivity index (χ0v) is 11.3. The molecule has 9 heteroatoms. The van der Waals surface area contributed by atoms with Gasteiger partial charge in [-0.1, -0.05) is 0 Å². The molecule has 0 unspecified atom stereocenters. The fourth-order valence-corrected chi connectivity index (χ4v) is 2.24. The quantitative estimate of drug-likeness (QED) is 0.939. The monoisotopic (exact) mass is 304 g/mol. The highest BCUT2D eigenvalue weighted by atomic mass is 32.1. The Hall–Kier alpha value is -1.90.